The molecular weight excluding hydrogens is 282 g/mol. The second kappa shape index (κ2) is 4.74. The van der Waals surface area contributed by atoms with E-state index in [0.29, 0.717) is 0 Å². The van der Waals surface area contributed by atoms with Crippen molar-refractivity contribution in [1.29, 1.82) is 0 Å². The van der Waals surface area contributed by atoms with E-state index in [-0.39, 0.29) is 21.8 Å². The maximum absolute atomic E-state index is 13.5. The fourth-order valence-corrected chi connectivity index (χ4v) is 1.93. The molecule has 1 nitrogen and oxygen atoms in total. The smallest absolute Gasteiger partial charge is 0.396 e. The van der Waals surface area contributed by atoms with Gasteiger partial charge < -0.3 is 5.73 Å². The predicted octanol–water partition coefficient (Wildman–Crippen LogP) is 4.75. The van der Waals surface area contributed by atoms with Gasteiger partial charge >= 0.3 is 6.18 Å². The summed E-state index contributed by atoms with van der Waals surface area (Å²) in [6.45, 7) is 0. The first kappa shape index (κ1) is 13.7. The number of halogens is 5. The van der Waals surface area contributed by atoms with Gasteiger partial charge in [-0.3, -0.25) is 0 Å². The Kier molecular flexibility index (Phi) is 3.41. The molecule has 0 amide bonds. The van der Waals surface area contributed by atoms with Crippen molar-refractivity contribution < 1.29 is 17.6 Å². The largest absolute Gasteiger partial charge is 0.416 e. The van der Waals surface area contributed by atoms with Crippen LogP contribution in [0.1, 0.15) is 5.56 Å². The zero-order valence-corrected chi connectivity index (χ0v) is 10.2. The van der Waals surface area contributed by atoms with E-state index in [1.807, 2.05) is 0 Å². The molecule has 0 heterocycles. The molecular formula is C13H8ClF4N. The van der Waals surface area contributed by atoms with Crippen LogP contribution in [0.25, 0.3) is 11.1 Å². The zero-order chi connectivity index (χ0) is 14.2. The van der Waals surface area contributed by atoms with Crippen molar-refractivity contribution >= 4 is 17.3 Å². The van der Waals surface area contributed by atoms with Crippen LogP contribution in [0.3, 0.4) is 0 Å². The van der Waals surface area contributed by atoms with Crippen molar-refractivity contribution in [3.8, 4) is 11.1 Å². The third-order valence-electron chi connectivity index (χ3n) is 2.61. The van der Waals surface area contributed by atoms with Gasteiger partial charge in [0.25, 0.3) is 0 Å². The van der Waals surface area contributed by atoms with Crippen LogP contribution in [0.5, 0.6) is 0 Å². The molecule has 0 aliphatic rings. The van der Waals surface area contributed by atoms with E-state index in [9.17, 15) is 17.6 Å². The molecule has 6 heteroatoms. The first-order chi connectivity index (χ1) is 8.80. The van der Waals surface area contributed by atoms with Crippen LogP contribution < -0.4 is 5.73 Å². The van der Waals surface area contributed by atoms with E-state index in [1.54, 1.807) is 0 Å². The number of anilines is 1. The fourth-order valence-electron chi connectivity index (χ4n) is 1.65. The van der Waals surface area contributed by atoms with Gasteiger partial charge in [-0.25, -0.2) is 4.39 Å². The highest BCUT2D eigenvalue weighted by Crippen LogP contribution is 2.36. The number of hydrogen-bond acceptors (Lipinski definition) is 1. The zero-order valence-electron chi connectivity index (χ0n) is 9.43. The normalized spacial score (nSPS) is 11.6. The quantitative estimate of drug-likeness (QED) is 0.595. The highest BCUT2D eigenvalue weighted by atomic mass is 35.5. The third kappa shape index (κ3) is 2.66. The predicted molar refractivity (Wildman–Crippen MR) is 66.3 cm³/mol. The van der Waals surface area contributed by atoms with Gasteiger partial charge in [0, 0.05) is 5.56 Å². The molecule has 2 N–H and O–H groups in total. The van der Waals surface area contributed by atoms with Crippen LogP contribution in [0, 0.1) is 5.82 Å². The van der Waals surface area contributed by atoms with Crippen LogP contribution in [0.2, 0.25) is 5.02 Å². The van der Waals surface area contributed by atoms with E-state index in [2.05, 4.69) is 0 Å². The number of nitrogen functional groups attached to an aromatic ring is 1. The third-order valence-corrected chi connectivity index (χ3v) is 2.98. The maximum Gasteiger partial charge on any atom is 0.416 e. The summed E-state index contributed by atoms with van der Waals surface area (Å²) in [5.74, 6) is -0.837. The van der Waals surface area contributed by atoms with Gasteiger partial charge in [0.1, 0.15) is 0 Å². The van der Waals surface area contributed by atoms with Gasteiger partial charge in [-0.05, 0) is 23.8 Å². The molecule has 0 radical (unpaired) electrons. The van der Waals surface area contributed by atoms with Gasteiger partial charge in [0.2, 0.25) is 0 Å². The molecule has 19 heavy (non-hydrogen) atoms. The van der Waals surface area contributed by atoms with Gasteiger partial charge in [0.05, 0.1) is 16.3 Å². The Hall–Kier alpha value is -1.75. The first-order valence-electron chi connectivity index (χ1n) is 5.22. The van der Waals surface area contributed by atoms with Crippen LogP contribution >= 0.6 is 11.6 Å². The number of benzene rings is 2. The van der Waals surface area contributed by atoms with Crippen LogP contribution in [-0.4, -0.2) is 0 Å². The maximum atomic E-state index is 13.5. The van der Waals surface area contributed by atoms with E-state index in [0.717, 1.165) is 12.1 Å². The van der Waals surface area contributed by atoms with Crippen LogP contribution in [0.15, 0.2) is 36.4 Å². The minimum absolute atomic E-state index is 0.152. The molecule has 0 saturated heterocycles. The average Bonchev–Trinajstić information content (AvgIpc) is 2.35. The molecule has 0 aromatic heterocycles. The first-order valence-corrected chi connectivity index (χ1v) is 5.59. The van der Waals surface area contributed by atoms with E-state index < -0.39 is 17.6 Å². The Morgan fingerprint density at radius 2 is 1.74 bits per heavy atom. The second-order valence-corrected chi connectivity index (χ2v) is 4.29. The van der Waals surface area contributed by atoms with Gasteiger partial charge in [-0.2, -0.15) is 13.2 Å². The summed E-state index contributed by atoms with van der Waals surface area (Å²) in [5, 5.41) is -0.292. The standard InChI is InChI=1S/C13H8ClF4N/c14-11-9(4-5-10(19)12(11)15)7-2-1-3-8(6-7)13(16,17)18/h1-6H,19H2. The van der Waals surface area contributed by atoms with Gasteiger partial charge in [0.15, 0.2) is 5.82 Å². The van der Waals surface area contributed by atoms with Crippen molar-refractivity contribution in [1.82, 2.24) is 0 Å². The molecule has 0 aliphatic carbocycles. The highest BCUT2D eigenvalue weighted by Gasteiger charge is 2.30. The Morgan fingerprint density at radius 3 is 2.37 bits per heavy atom. The second-order valence-electron chi connectivity index (χ2n) is 3.91. The Morgan fingerprint density at radius 1 is 1.05 bits per heavy atom. The van der Waals surface area contributed by atoms with Crippen molar-refractivity contribution in [3.05, 3.63) is 52.8 Å². The SMILES string of the molecule is Nc1ccc(-c2cccc(C(F)(F)F)c2)c(Cl)c1F. The number of alkyl halides is 3. The summed E-state index contributed by atoms with van der Waals surface area (Å²) in [5.41, 5.74) is 4.70. The van der Waals surface area contributed by atoms with Crippen LogP contribution in [-0.2, 0) is 6.18 Å². The minimum atomic E-state index is -4.46. The minimum Gasteiger partial charge on any atom is -0.396 e. The topological polar surface area (TPSA) is 26.0 Å². The molecule has 0 aliphatic heterocycles. The molecule has 100 valence electrons. The molecule has 0 bridgehead atoms. The van der Waals surface area contributed by atoms with Crippen molar-refractivity contribution in [2.75, 3.05) is 5.73 Å². The van der Waals surface area contributed by atoms with Crippen molar-refractivity contribution in [2.45, 2.75) is 6.18 Å². The fraction of sp³-hybridized carbons (Fsp3) is 0.0769. The summed E-state index contributed by atoms with van der Waals surface area (Å²) in [6, 6.07) is 7.16. The van der Waals surface area contributed by atoms with Gasteiger partial charge in [-0.15, -0.1) is 0 Å². The summed E-state index contributed by atoms with van der Waals surface area (Å²) >= 11 is 5.76. The molecule has 0 fully saturated rings. The lowest BCUT2D eigenvalue weighted by atomic mass is 10.0. The number of hydrogen-bond donors (Lipinski definition) is 1. The molecule has 2 aromatic carbocycles. The monoisotopic (exact) mass is 289 g/mol. The van der Waals surface area contributed by atoms with E-state index in [4.69, 9.17) is 17.3 Å². The highest BCUT2D eigenvalue weighted by molar-refractivity contribution is 6.33. The summed E-state index contributed by atoms with van der Waals surface area (Å²) in [7, 11) is 0. The lowest BCUT2D eigenvalue weighted by Gasteiger charge is -2.11. The van der Waals surface area contributed by atoms with Crippen molar-refractivity contribution in [2.24, 2.45) is 0 Å². The van der Waals surface area contributed by atoms with E-state index >= 15 is 0 Å². The Labute approximate surface area is 111 Å². The van der Waals surface area contributed by atoms with E-state index in [1.165, 1.54) is 24.3 Å². The average molecular weight is 290 g/mol. The lowest BCUT2D eigenvalue weighted by molar-refractivity contribution is -0.137. The Balaban J connectivity index is 2.57. The molecule has 2 aromatic rings. The number of rotatable bonds is 1. The Bertz CT molecular complexity index is 623. The summed E-state index contributed by atoms with van der Waals surface area (Å²) in [6.07, 6.45) is -4.46. The summed E-state index contributed by atoms with van der Waals surface area (Å²) < 4.78 is 51.3. The molecule has 0 saturated carbocycles. The molecule has 0 unspecified atom stereocenters. The summed E-state index contributed by atoms with van der Waals surface area (Å²) in [4.78, 5) is 0. The molecule has 0 spiro atoms. The lowest BCUT2D eigenvalue weighted by Crippen LogP contribution is -2.04. The van der Waals surface area contributed by atoms with Crippen molar-refractivity contribution in [3.63, 3.8) is 0 Å². The van der Waals surface area contributed by atoms with Gasteiger partial charge in [-0.1, -0.05) is 29.8 Å². The molecule has 0 atom stereocenters. The number of nitrogens with two attached hydrogens (primary N) is 1. The molecule has 2 rings (SSSR count). The van der Waals surface area contributed by atoms with Crippen LogP contribution in [0.4, 0.5) is 23.2 Å².